The number of nitrogens with two attached hydrogens (primary N) is 2. The third kappa shape index (κ3) is 4.33. The highest BCUT2D eigenvalue weighted by Gasteiger charge is 2.26. The Bertz CT molecular complexity index is 1810. The summed E-state index contributed by atoms with van der Waals surface area (Å²) in [6.45, 7) is 0. The van der Waals surface area contributed by atoms with Gasteiger partial charge in [0.05, 0.1) is 22.4 Å². The number of hydrogen-bond acceptors (Lipinski definition) is 11. The van der Waals surface area contributed by atoms with E-state index in [0.717, 1.165) is 11.3 Å². The fourth-order valence-corrected chi connectivity index (χ4v) is 5.77. The molecule has 0 bridgehead atoms. The molecule has 1 aromatic carbocycles. The molecule has 0 saturated heterocycles. The molecule has 0 saturated carbocycles. The lowest BCUT2D eigenvalue weighted by molar-refractivity contribution is 0.104. The number of anilines is 3. The summed E-state index contributed by atoms with van der Waals surface area (Å²) in [7, 11) is -4.00. The van der Waals surface area contributed by atoms with Crippen LogP contribution in [0.25, 0.3) is 21.5 Å². The number of nitrogen functional groups attached to an aromatic ring is 2. The van der Waals surface area contributed by atoms with Gasteiger partial charge in [0.1, 0.15) is 32.9 Å². The van der Waals surface area contributed by atoms with Gasteiger partial charge in [0.25, 0.3) is 10.0 Å². The van der Waals surface area contributed by atoms with E-state index in [9.17, 15) is 18.5 Å². The smallest absolute Gasteiger partial charge is 0.263 e. The minimum absolute atomic E-state index is 0.0153. The summed E-state index contributed by atoms with van der Waals surface area (Å²) in [5, 5.41) is 17.4. The maximum absolute atomic E-state index is 13.3. The number of hydrogen-bond donors (Lipinski definition) is 3. The van der Waals surface area contributed by atoms with Crippen molar-refractivity contribution in [1.29, 1.82) is 5.26 Å². The zero-order chi connectivity index (χ0) is 26.3. The van der Waals surface area contributed by atoms with E-state index in [1.807, 2.05) is 6.07 Å². The Morgan fingerprint density at radius 2 is 1.86 bits per heavy atom. The molecule has 37 heavy (non-hydrogen) atoms. The van der Waals surface area contributed by atoms with Crippen molar-refractivity contribution in [2.24, 2.45) is 0 Å². The van der Waals surface area contributed by atoms with E-state index in [1.165, 1.54) is 42.7 Å². The van der Waals surface area contributed by atoms with Gasteiger partial charge in [-0.1, -0.05) is 11.6 Å². The summed E-state index contributed by atoms with van der Waals surface area (Å²) in [4.78, 5) is 18.0. The van der Waals surface area contributed by atoms with Crippen molar-refractivity contribution in [3.05, 3.63) is 76.0 Å². The number of fused-ring (bicyclic) bond motifs is 1. The lowest BCUT2D eigenvalue weighted by Gasteiger charge is -2.08. The topological polar surface area (TPSA) is 191 Å². The van der Waals surface area contributed by atoms with Crippen LogP contribution in [0.15, 0.2) is 64.1 Å². The number of carbonyl (C=O) groups is 1. The van der Waals surface area contributed by atoms with Gasteiger partial charge in [-0.15, -0.1) is 21.5 Å². The lowest BCUT2D eigenvalue weighted by Crippen LogP contribution is -2.14. The number of carbonyl (C=O) groups excluding carboxylic acids is 1. The quantitative estimate of drug-likeness (QED) is 0.259. The molecule has 4 aromatic heterocycles. The normalized spacial score (nSPS) is 11.4. The number of nitriles is 1. The number of nitrogens with zero attached hydrogens (tertiary/aromatic N) is 4. The number of rotatable bonds is 6. The molecule has 5 rings (SSSR count). The maximum atomic E-state index is 13.3. The van der Waals surface area contributed by atoms with Crippen LogP contribution in [0.3, 0.4) is 0 Å². The van der Waals surface area contributed by atoms with Crippen LogP contribution in [-0.4, -0.2) is 29.4 Å². The van der Waals surface area contributed by atoms with Gasteiger partial charge in [-0.3, -0.25) is 9.52 Å². The second kappa shape index (κ2) is 9.17. The van der Waals surface area contributed by atoms with E-state index < -0.39 is 15.8 Å². The minimum atomic E-state index is -4.00. The Morgan fingerprint density at radius 1 is 1.11 bits per heavy atom. The Kier molecular flexibility index (Phi) is 6.00. The fourth-order valence-electron chi connectivity index (χ4n) is 3.60. The predicted molar refractivity (Wildman–Crippen MR) is 139 cm³/mol. The zero-order valence-corrected chi connectivity index (χ0v) is 20.9. The molecule has 0 amide bonds. The molecular formula is C23H14ClN7O4S2. The highest BCUT2D eigenvalue weighted by atomic mass is 35.5. The molecule has 0 aliphatic carbocycles. The van der Waals surface area contributed by atoms with Gasteiger partial charge < -0.3 is 15.9 Å². The van der Waals surface area contributed by atoms with Gasteiger partial charge in [0, 0.05) is 10.9 Å². The van der Waals surface area contributed by atoms with Crippen molar-refractivity contribution in [3.63, 3.8) is 0 Å². The number of aromatic nitrogens is 3. The summed E-state index contributed by atoms with van der Waals surface area (Å²) in [5.41, 5.74) is 13.1. The first-order valence-corrected chi connectivity index (χ1v) is 13.0. The average Bonchev–Trinajstić information content (AvgIpc) is 3.52. The first kappa shape index (κ1) is 24.2. The van der Waals surface area contributed by atoms with E-state index in [-0.39, 0.29) is 43.4 Å². The first-order chi connectivity index (χ1) is 17.7. The van der Waals surface area contributed by atoms with Crippen molar-refractivity contribution in [2.75, 3.05) is 16.2 Å². The molecule has 184 valence electrons. The van der Waals surface area contributed by atoms with Gasteiger partial charge in [-0.2, -0.15) is 5.26 Å². The summed E-state index contributed by atoms with van der Waals surface area (Å²) < 4.78 is 33.1. The Hall–Kier alpha value is -4.51. The molecule has 0 fully saturated rings. The van der Waals surface area contributed by atoms with Crippen LogP contribution >= 0.6 is 22.9 Å². The first-order valence-electron chi connectivity index (χ1n) is 10.3. The molecule has 0 radical (unpaired) electrons. The van der Waals surface area contributed by atoms with Crippen LogP contribution < -0.4 is 16.2 Å². The molecule has 4 heterocycles. The number of benzene rings is 1. The van der Waals surface area contributed by atoms with E-state index >= 15 is 0 Å². The van der Waals surface area contributed by atoms with Crippen LogP contribution in [0.4, 0.5) is 17.3 Å². The SMILES string of the molecule is N#Cc1c(N)nc2sc(C(=O)c3ccc(S(=O)(=O)Nc4ccc(Cl)nn4)cc3)c(N)c2c1-c1ccco1. The Labute approximate surface area is 218 Å². The number of sulfonamides is 1. The van der Waals surface area contributed by atoms with Gasteiger partial charge in [0.15, 0.2) is 11.0 Å². The van der Waals surface area contributed by atoms with Crippen LogP contribution in [0.1, 0.15) is 20.8 Å². The Balaban J connectivity index is 1.51. The van der Waals surface area contributed by atoms with E-state index in [0.29, 0.717) is 21.5 Å². The zero-order valence-electron chi connectivity index (χ0n) is 18.5. The molecule has 0 unspecified atom stereocenters. The number of ketones is 1. The van der Waals surface area contributed by atoms with Crippen molar-refractivity contribution >= 4 is 66.3 Å². The molecular weight excluding hydrogens is 538 g/mol. The summed E-state index contributed by atoms with van der Waals surface area (Å²) >= 11 is 6.68. The number of thiophene rings is 1. The van der Waals surface area contributed by atoms with E-state index in [2.05, 4.69) is 19.9 Å². The van der Waals surface area contributed by atoms with E-state index in [1.54, 1.807) is 12.1 Å². The third-order valence-electron chi connectivity index (χ3n) is 5.29. The number of furan rings is 1. The highest BCUT2D eigenvalue weighted by Crippen LogP contribution is 2.43. The summed E-state index contributed by atoms with van der Waals surface area (Å²) in [6.07, 6.45) is 1.44. The number of halogens is 1. The summed E-state index contributed by atoms with van der Waals surface area (Å²) in [6, 6.07) is 13.4. The van der Waals surface area contributed by atoms with Crippen molar-refractivity contribution in [3.8, 4) is 17.4 Å². The molecule has 11 nitrogen and oxygen atoms in total. The van der Waals surface area contributed by atoms with Gasteiger partial charge in [-0.25, -0.2) is 13.4 Å². The second-order valence-corrected chi connectivity index (χ2v) is 10.6. The minimum Gasteiger partial charge on any atom is -0.464 e. The molecule has 5 aromatic rings. The van der Waals surface area contributed by atoms with Crippen molar-refractivity contribution < 1.29 is 17.6 Å². The van der Waals surface area contributed by atoms with Crippen molar-refractivity contribution in [1.82, 2.24) is 15.2 Å². The Morgan fingerprint density at radius 3 is 2.49 bits per heavy atom. The van der Waals surface area contributed by atoms with Gasteiger partial charge >= 0.3 is 0 Å². The highest BCUT2D eigenvalue weighted by molar-refractivity contribution is 7.92. The van der Waals surface area contributed by atoms with Crippen LogP contribution in [-0.2, 0) is 10.0 Å². The molecule has 14 heteroatoms. The maximum Gasteiger partial charge on any atom is 0.263 e. The largest absolute Gasteiger partial charge is 0.464 e. The molecule has 0 aliphatic rings. The molecule has 0 aliphatic heterocycles. The number of pyridine rings is 1. The number of nitrogens with one attached hydrogen (secondary N) is 1. The second-order valence-electron chi connectivity index (χ2n) is 7.56. The van der Waals surface area contributed by atoms with Gasteiger partial charge in [-0.05, 0) is 48.5 Å². The molecule has 0 atom stereocenters. The monoisotopic (exact) mass is 551 g/mol. The van der Waals surface area contributed by atoms with Crippen LogP contribution in [0.5, 0.6) is 0 Å². The standard InChI is InChI=1S/C23H14ClN7O4S2/c24-15-7-8-16(30-29-15)31-37(33,34)12-5-3-11(4-6-12)20(32)21-19(26)18-17(14-2-1-9-35-14)13(10-25)22(27)28-23(18)36-21/h1-9H,26H2,(H2,27,28)(H,30,31). The third-order valence-corrected chi connectivity index (χ3v) is 7.96. The fraction of sp³-hybridized carbons (Fsp3) is 0. The van der Waals surface area contributed by atoms with Crippen molar-refractivity contribution in [2.45, 2.75) is 4.90 Å². The molecule has 5 N–H and O–H groups in total. The summed E-state index contributed by atoms with van der Waals surface area (Å²) in [5.74, 6) is -0.136. The van der Waals surface area contributed by atoms with Gasteiger partial charge in [0.2, 0.25) is 5.78 Å². The average molecular weight is 552 g/mol. The van der Waals surface area contributed by atoms with E-state index in [4.69, 9.17) is 27.5 Å². The predicted octanol–water partition coefficient (Wildman–Crippen LogP) is 4.07. The molecule has 0 spiro atoms. The van der Waals surface area contributed by atoms with Crippen LogP contribution in [0, 0.1) is 11.3 Å². The lowest BCUT2D eigenvalue weighted by atomic mass is 10.0. The van der Waals surface area contributed by atoms with Crippen LogP contribution in [0.2, 0.25) is 5.15 Å².